The summed E-state index contributed by atoms with van der Waals surface area (Å²) in [6.07, 6.45) is 2.06. The molecule has 1 saturated heterocycles. The van der Waals surface area contributed by atoms with Gasteiger partial charge in [-0.25, -0.2) is 4.68 Å². The highest BCUT2D eigenvalue weighted by Gasteiger charge is 2.29. The van der Waals surface area contributed by atoms with Gasteiger partial charge in [-0.3, -0.25) is 14.4 Å². The van der Waals surface area contributed by atoms with Crippen LogP contribution in [-0.4, -0.2) is 53.3 Å². The molecule has 9 heteroatoms. The Labute approximate surface area is 129 Å². The topological polar surface area (TPSA) is 93.5 Å². The molecule has 114 valence electrons. The molecule has 1 atom stereocenters. The van der Waals surface area contributed by atoms with Crippen LogP contribution in [0.4, 0.5) is 5.69 Å². The third-order valence-electron chi connectivity index (χ3n) is 3.25. The number of anilines is 1. The first-order valence-electron chi connectivity index (χ1n) is 6.28. The van der Waals surface area contributed by atoms with Crippen LogP contribution in [-0.2, 0) is 20.9 Å². The molecule has 1 aromatic rings. The molecule has 0 radical (unpaired) electrons. The van der Waals surface area contributed by atoms with Crippen molar-refractivity contribution in [2.45, 2.75) is 19.0 Å². The van der Waals surface area contributed by atoms with Crippen molar-refractivity contribution in [3.05, 3.63) is 21.0 Å². The van der Waals surface area contributed by atoms with Crippen molar-refractivity contribution in [3.8, 4) is 0 Å². The zero-order chi connectivity index (χ0) is 15.6. The van der Waals surface area contributed by atoms with Crippen LogP contribution < -0.4 is 10.9 Å². The van der Waals surface area contributed by atoms with Gasteiger partial charge < -0.3 is 15.0 Å². The summed E-state index contributed by atoms with van der Waals surface area (Å²) < 4.78 is 5.71. The Hall–Kier alpha value is -1.90. The molecule has 0 aromatic carbocycles. The number of likely N-dealkylation sites (tertiary alicyclic amines) is 1. The van der Waals surface area contributed by atoms with Crippen molar-refractivity contribution >= 4 is 33.5 Å². The van der Waals surface area contributed by atoms with Gasteiger partial charge in [0, 0.05) is 13.6 Å². The summed E-state index contributed by atoms with van der Waals surface area (Å²) in [4.78, 5) is 36.7. The number of ether oxygens (including phenoxy) is 1. The standard InChI is InChI=1S/C12H15BrN4O4/c1-16-4-3-7(11(16)19)15-8-5-14-17(6-9(18)21-2)12(20)10(8)13/h5,7,15H,3-4,6H2,1-2H3. The number of rotatable bonds is 4. The van der Waals surface area contributed by atoms with Crippen LogP contribution >= 0.6 is 15.9 Å². The number of carbonyl (C=O) groups is 2. The first-order valence-corrected chi connectivity index (χ1v) is 7.07. The average Bonchev–Trinajstić information content (AvgIpc) is 2.78. The van der Waals surface area contributed by atoms with Crippen molar-refractivity contribution in [1.82, 2.24) is 14.7 Å². The molecule has 1 aliphatic heterocycles. The van der Waals surface area contributed by atoms with Gasteiger partial charge in [-0.1, -0.05) is 0 Å². The zero-order valence-electron chi connectivity index (χ0n) is 11.6. The van der Waals surface area contributed by atoms with Crippen LogP contribution in [0.2, 0.25) is 0 Å². The number of halogens is 1. The fourth-order valence-electron chi connectivity index (χ4n) is 2.01. The molecular formula is C12H15BrN4O4. The number of carbonyl (C=O) groups excluding carboxylic acids is 2. The SMILES string of the molecule is COC(=O)Cn1ncc(NC2CCN(C)C2=O)c(Br)c1=O. The van der Waals surface area contributed by atoms with Crippen molar-refractivity contribution in [3.63, 3.8) is 0 Å². The van der Waals surface area contributed by atoms with Crippen molar-refractivity contribution in [2.75, 3.05) is 26.0 Å². The molecule has 21 heavy (non-hydrogen) atoms. The number of methoxy groups -OCH3 is 1. The number of nitrogens with one attached hydrogen (secondary N) is 1. The Morgan fingerprint density at radius 3 is 2.86 bits per heavy atom. The van der Waals surface area contributed by atoms with Gasteiger partial charge in [-0.2, -0.15) is 5.10 Å². The maximum Gasteiger partial charge on any atom is 0.327 e. The van der Waals surface area contributed by atoms with Gasteiger partial charge in [0.05, 0.1) is 19.0 Å². The third-order valence-corrected chi connectivity index (χ3v) is 4.02. The first kappa shape index (κ1) is 15.5. The van der Waals surface area contributed by atoms with E-state index in [1.54, 1.807) is 11.9 Å². The molecule has 8 nitrogen and oxygen atoms in total. The number of esters is 1. The predicted octanol–water partition coefficient (Wildman–Crippen LogP) is -0.179. The van der Waals surface area contributed by atoms with Gasteiger partial charge >= 0.3 is 5.97 Å². The Kier molecular flexibility index (Phi) is 4.61. The van der Waals surface area contributed by atoms with Gasteiger partial charge in [-0.05, 0) is 22.4 Å². The maximum absolute atomic E-state index is 12.1. The second-order valence-electron chi connectivity index (χ2n) is 4.66. The molecular weight excluding hydrogens is 344 g/mol. The molecule has 1 amide bonds. The van der Waals surface area contributed by atoms with Crippen molar-refractivity contribution in [1.29, 1.82) is 0 Å². The molecule has 0 saturated carbocycles. The van der Waals surface area contributed by atoms with E-state index in [4.69, 9.17) is 0 Å². The molecule has 1 unspecified atom stereocenters. The molecule has 1 aromatic heterocycles. The highest BCUT2D eigenvalue weighted by atomic mass is 79.9. The Morgan fingerprint density at radius 1 is 1.57 bits per heavy atom. The van der Waals surface area contributed by atoms with Gasteiger partial charge in [-0.15, -0.1) is 0 Å². The fourth-order valence-corrected chi connectivity index (χ4v) is 2.43. The number of likely N-dealkylation sites (N-methyl/N-ethyl adjacent to an activating group) is 1. The second kappa shape index (κ2) is 6.25. The monoisotopic (exact) mass is 358 g/mol. The minimum absolute atomic E-state index is 0.0272. The van der Waals surface area contributed by atoms with Crippen LogP contribution in [0.1, 0.15) is 6.42 Å². The Morgan fingerprint density at radius 2 is 2.29 bits per heavy atom. The van der Waals surface area contributed by atoms with Gasteiger partial charge in [0.2, 0.25) is 5.91 Å². The fraction of sp³-hybridized carbons (Fsp3) is 0.500. The van der Waals surface area contributed by atoms with Gasteiger partial charge in [0.1, 0.15) is 17.1 Å². The summed E-state index contributed by atoms with van der Waals surface area (Å²) in [5.74, 6) is -0.592. The molecule has 2 heterocycles. The number of nitrogens with zero attached hydrogens (tertiary/aromatic N) is 3. The summed E-state index contributed by atoms with van der Waals surface area (Å²) in [5.41, 5.74) is -0.0426. The van der Waals surface area contributed by atoms with E-state index in [2.05, 4.69) is 31.1 Å². The summed E-state index contributed by atoms with van der Waals surface area (Å²) in [6, 6.07) is -0.371. The van der Waals surface area contributed by atoms with Crippen molar-refractivity contribution < 1.29 is 14.3 Å². The lowest BCUT2D eigenvalue weighted by Crippen LogP contribution is -2.33. The smallest absolute Gasteiger partial charge is 0.327 e. The molecule has 0 bridgehead atoms. The zero-order valence-corrected chi connectivity index (χ0v) is 13.2. The summed E-state index contributed by atoms with van der Waals surface area (Å²) in [6.45, 7) is 0.403. The molecule has 1 fully saturated rings. The van der Waals surface area contributed by atoms with E-state index < -0.39 is 11.5 Å². The normalized spacial score (nSPS) is 18.0. The highest BCUT2D eigenvalue weighted by Crippen LogP contribution is 2.20. The van der Waals surface area contributed by atoms with Crippen molar-refractivity contribution in [2.24, 2.45) is 0 Å². The molecule has 1 aliphatic rings. The van der Waals surface area contributed by atoms with E-state index in [0.717, 1.165) is 4.68 Å². The summed E-state index contributed by atoms with van der Waals surface area (Å²) >= 11 is 3.17. The van der Waals surface area contributed by atoms with E-state index in [-0.39, 0.29) is 23.0 Å². The van der Waals surface area contributed by atoms with Crippen LogP contribution in [0.5, 0.6) is 0 Å². The quantitative estimate of drug-likeness (QED) is 0.750. The largest absolute Gasteiger partial charge is 0.468 e. The number of aromatic nitrogens is 2. The van der Waals surface area contributed by atoms with Crippen LogP contribution in [0, 0.1) is 0 Å². The van der Waals surface area contributed by atoms with Gasteiger partial charge in [0.25, 0.3) is 5.56 Å². The lowest BCUT2D eigenvalue weighted by molar-refractivity contribution is -0.141. The van der Waals surface area contributed by atoms with E-state index in [9.17, 15) is 14.4 Å². The van der Waals surface area contributed by atoms with E-state index in [1.165, 1.54) is 13.3 Å². The number of amides is 1. The molecule has 2 rings (SSSR count). The van der Waals surface area contributed by atoms with Crippen LogP contribution in [0.25, 0.3) is 0 Å². The summed E-state index contributed by atoms with van der Waals surface area (Å²) in [5, 5.41) is 6.89. The lowest BCUT2D eigenvalue weighted by Gasteiger charge is -2.14. The predicted molar refractivity (Wildman–Crippen MR) is 77.9 cm³/mol. The molecule has 0 aliphatic carbocycles. The molecule has 1 N–H and O–H groups in total. The average molecular weight is 359 g/mol. The number of hydrogen-bond donors (Lipinski definition) is 1. The van der Waals surface area contributed by atoms with Crippen LogP contribution in [0.3, 0.4) is 0 Å². The van der Waals surface area contributed by atoms with Crippen LogP contribution in [0.15, 0.2) is 15.5 Å². The first-order chi connectivity index (χ1) is 9.93. The van der Waals surface area contributed by atoms with E-state index >= 15 is 0 Å². The Balaban J connectivity index is 2.19. The van der Waals surface area contributed by atoms with E-state index in [1.807, 2.05) is 0 Å². The molecule has 0 spiro atoms. The number of hydrogen-bond acceptors (Lipinski definition) is 6. The minimum atomic E-state index is -0.565. The third kappa shape index (κ3) is 3.23. The Bertz CT molecular complexity index is 630. The van der Waals surface area contributed by atoms with Gasteiger partial charge in [0.15, 0.2) is 0 Å². The highest BCUT2D eigenvalue weighted by molar-refractivity contribution is 9.10. The van der Waals surface area contributed by atoms with E-state index in [0.29, 0.717) is 18.7 Å². The lowest BCUT2D eigenvalue weighted by atomic mass is 10.2. The summed E-state index contributed by atoms with van der Waals surface area (Å²) in [7, 11) is 2.96. The second-order valence-corrected chi connectivity index (χ2v) is 5.45. The maximum atomic E-state index is 12.1. The minimum Gasteiger partial charge on any atom is -0.468 e.